The van der Waals surface area contributed by atoms with Crippen LogP contribution in [0.4, 0.5) is 0 Å². The fourth-order valence-corrected chi connectivity index (χ4v) is 1.50. The summed E-state index contributed by atoms with van der Waals surface area (Å²) in [5.74, 6) is 1.52. The van der Waals surface area contributed by atoms with Crippen LogP contribution in [-0.4, -0.2) is 23.1 Å². The number of pyridine rings is 1. The fraction of sp³-hybridized carbons (Fsp3) is 0.0769. The highest BCUT2D eigenvalue weighted by molar-refractivity contribution is 5.97. The van der Waals surface area contributed by atoms with Gasteiger partial charge in [-0.15, -0.1) is 0 Å². The van der Waals surface area contributed by atoms with Crippen LogP contribution in [0.15, 0.2) is 47.8 Å². The predicted octanol–water partition coefficient (Wildman–Crippen LogP) is 1.98. The average Bonchev–Trinajstić information content (AvgIpc) is 2.47. The summed E-state index contributed by atoms with van der Waals surface area (Å²) in [6, 6.07) is 10.5. The Morgan fingerprint density at radius 3 is 2.79 bits per heavy atom. The third-order valence-electron chi connectivity index (χ3n) is 2.39. The van der Waals surface area contributed by atoms with Gasteiger partial charge in [0.2, 0.25) is 0 Å². The van der Waals surface area contributed by atoms with Crippen molar-refractivity contribution in [2.45, 2.75) is 0 Å². The van der Waals surface area contributed by atoms with Gasteiger partial charge in [0.1, 0.15) is 11.5 Å². The van der Waals surface area contributed by atoms with E-state index in [9.17, 15) is 0 Å². The minimum Gasteiger partial charge on any atom is -0.497 e. The molecule has 19 heavy (non-hydrogen) atoms. The van der Waals surface area contributed by atoms with Crippen molar-refractivity contribution in [3.05, 3.63) is 48.3 Å². The van der Waals surface area contributed by atoms with Crippen molar-refractivity contribution >= 4 is 5.84 Å². The van der Waals surface area contributed by atoms with Crippen molar-refractivity contribution in [1.82, 2.24) is 4.98 Å². The minimum absolute atomic E-state index is 0.113. The number of amidine groups is 1. The van der Waals surface area contributed by atoms with E-state index in [0.29, 0.717) is 17.2 Å². The molecule has 0 aliphatic carbocycles. The highest BCUT2D eigenvalue weighted by Gasteiger charge is 2.10. The highest BCUT2D eigenvalue weighted by Crippen LogP contribution is 2.26. The Morgan fingerprint density at radius 1 is 1.26 bits per heavy atom. The monoisotopic (exact) mass is 259 g/mol. The molecule has 6 heteroatoms. The van der Waals surface area contributed by atoms with Gasteiger partial charge in [0.25, 0.3) is 0 Å². The minimum atomic E-state index is -0.113. The van der Waals surface area contributed by atoms with Gasteiger partial charge in [0.15, 0.2) is 17.3 Å². The first-order valence-electron chi connectivity index (χ1n) is 5.49. The maximum absolute atomic E-state index is 8.71. The zero-order valence-electron chi connectivity index (χ0n) is 10.3. The topological polar surface area (TPSA) is 90.0 Å². The Bertz CT molecular complexity index is 599. The van der Waals surface area contributed by atoms with Gasteiger partial charge >= 0.3 is 0 Å². The molecule has 0 bridgehead atoms. The largest absolute Gasteiger partial charge is 0.497 e. The van der Waals surface area contributed by atoms with E-state index in [2.05, 4.69) is 10.1 Å². The summed E-state index contributed by atoms with van der Waals surface area (Å²) in [5, 5.41) is 11.6. The van der Waals surface area contributed by atoms with E-state index < -0.39 is 0 Å². The number of hydrogen-bond acceptors (Lipinski definition) is 5. The smallest absolute Gasteiger partial charge is 0.192 e. The van der Waals surface area contributed by atoms with Gasteiger partial charge in [-0.25, -0.2) is 4.98 Å². The second kappa shape index (κ2) is 5.72. The number of methoxy groups -OCH3 is 1. The number of hydrogen-bond donors (Lipinski definition) is 2. The normalized spacial score (nSPS) is 11.1. The maximum atomic E-state index is 8.71. The van der Waals surface area contributed by atoms with E-state index in [1.165, 1.54) is 6.20 Å². The van der Waals surface area contributed by atoms with Crippen LogP contribution < -0.4 is 15.2 Å². The van der Waals surface area contributed by atoms with E-state index >= 15 is 0 Å². The van der Waals surface area contributed by atoms with E-state index in [4.69, 9.17) is 20.4 Å². The first-order valence-corrected chi connectivity index (χ1v) is 5.49. The van der Waals surface area contributed by atoms with Crippen molar-refractivity contribution in [1.29, 1.82) is 0 Å². The Balaban J connectivity index is 2.33. The Morgan fingerprint density at radius 2 is 2.05 bits per heavy atom. The molecular weight excluding hydrogens is 246 g/mol. The molecular formula is C13H13N3O3. The number of rotatable bonds is 4. The van der Waals surface area contributed by atoms with E-state index in [0.717, 1.165) is 0 Å². The first kappa shape index (κ1) is 12.7. The molecule has 1 heterocycles. The molecule has 0 radical (unpaired) electrons. The Kier molecular flexibility index (Phi) is 3.82. The highest BCUT2D eigenvalue weighted by atomic mass is 16.5. The lowest BCUT2D eigenvalue weighted by Crippen LogP contribution is -2.15. The lowest BCUT2D eigenvalue weighted by Gasteiger charge is -2.09. The van der Waals surface area contributed by atoms with Gasteiger partial charge in [-0.05, 0) is 24.3 Å². The molecule has 3 N–H and O–H groups in total. The molecule has 2 aromatic rings. The summed E-state index contributed by atoms with van der Waals surface area (Å²) in [4.78, 5) is 4.02. The van der Waals surface area contributed by atoms with Crippen molar-refractivity contribution in [2.75, 3.05) is 7.11 Å². The van der Waals surface area contributed by atoms with Gasteiger partial charge in [-0.2, -0.15) is 0 Å². The summed E-state index contributed by atoms with van der Waals surface area (Å²) >= 11 is 0. The van der Waals surface area contributed by atoms with Crippen LogP contribution in [0.5, 0.6) is 17.2 Å². The van der Waals surface area contributed by atoms with Crippen molar-refractivity contribution in [3.8, 4) is 17.2 Å². The summed E-state index contributed by atoms with van der Waals surface area (Å²) in [5.41, 5.74) is 5.81. The molecule has 0 amide bonds. The molecule has 0 aliphatic rings. The number of nitrogens with zero attached hydrogens (tertiary/aromatic N) is 2. The van der Waals surface area contributed by atoms with Gasteiger partial charge in [0.05, 0.1) is 7.11 Å². The number of nitrogens with two attached hydrogens (primary N) is 1. The maximum Gasteiger partial charge on any atom is 0.192 e. The van der Waals surface area contributed by atoms with Crippen molar-refractivity contribution < 1.29 is 14.7 Å². The molecule has 0 saturated heterocycles. The average molecular weight is 259 g/mol. The molecule has 0 aliphatic heterocycles. The molecule has 0 atom stereocenters. The van der Waals surface area contributed by atoms with Gasteiger partial charge in [-0.1, -0.05) is 11.2 Å². The quantitative estimate of drug-likeness (QED) is 0.379. The SMILES string of the molecule is COc1cccc(Oc2cccnc2/C(N)=N/O)c1. The third kappa shape index (κ3) is 2.92. The second-order valence-corrected chi connectivity index (χ2v) is 3.62. The van der Waals surface area contributed by atoms with Crippen LogP contribution in [0.2, 0.25) is 0 Å². The van der Waals surface area contributed by atoms with Crippen LogP contribution in [0, 0.1) is 0 Å². The number of benzene rings is 1. The number of ether oxygens (including phenoxy) is 2. The molecule has 0 unspecified atom stereocenters. The zero-order chi connectivity index (χ0) is 13.7. The Labute approximate surface area is 110 Å². The molecule has 6 nitrogen and oxygen atoms in total. The molecule has 0 fully saturated rings. The van der Waals surface area contributed by atoms with Crippen molar-refractivity contribution in [2.24, 2.45) is 10.9 Å². The van der Waals surface area contributed by atoms with Gasteiger partial charge in [0, 0.05) is 12.3 Å². The standard InChI is InChI=1S/C13H13N3O3/c1-18-9-4-2-5-10(8-9)19-11-6-3-7-15-12(11)13(14)16-17/h2-8,17H,1H3,(H2,14,16). The first-order chi connectivity index (χ1) is 9.24. The van der Waals surface area contributed by atoms with Crippen LogP contribution in [-0.2, 0) is 0 Å². The fourth-order valence-electron chi connectivity index (χ4n) is 1.50. The lowest BCUT2D eigenvalue weighted by molar-refractivity contribution is 0.318. The van der Waals surface area contributed by atoms with Gasteiger partial charge < -0.3 is 20.4 Å². The summed E-state index contributed by atoms with van der Waals surface area (Å²) < 4.78 is 10.8. The predicted molar refractivity (Wildman–Crippen MR) is 69.8 cm³/mol. The van der Waals surface area contributed by atoms with E-state index in [1.807, 2.05) is 0 Å². The van der Waals surface area contributed by atoms with Crippen LogP contribution >= 0.6 is 0 Å². The lowest BCUT2D eigenvalue weighted by atomic mass is 10.3. The molecule has 1 aromatic heterocycles. The van der Waals surface area contributed by atoms with Crippen LogP contribution in [0.1, 0.15) is 5.69 Å². The van der Waals surface area contributed by atoms with Crippen molar-refractivity contribution in [3.63, 3.8) is 0 Å². The Hall–Kier alpha value is -2.76. The summed E-state index contributed by atoms with van der Waals surface area (Å²) in [7, 11) is 1.57. The molecule has 0 saturated carbocycles. The van der Waals surface area contributed by atoms with Gasteiger partial charge in [-0.3, -0.25) is 0 Å². The zero-order valence-corrected chi connectivity index (χ0v) is 10.3. The second-order valence-electron chi connectivity index (χ2n) is 3.62. The van der Waals surface area contributed by atoms with Crippen LogP contribution in [0.3, 0.4) is 0 Å². The summed E-state index contributed by atoms with van der Waals surface area (Å²) in [6.07, 6.45) is 1.53. The third-order valence-corrected chi connectivity index (χ3v) is 2.39. The number of aromatic nitrogens is 1. The summed E-state index contributed by atoms with van der Waals surface area (Å²) in [6.45, 7) is 0. The van der Waals surface area contributed by atoms with Crippen LogP contribution in [0.25, 0.3) is 0 Å². The molecule has 2 rings (SSSR count). The van der Waals surface area contributed by atoms with E-state index in [1.54, 1.807) is 43.5 Å². The molecule has 98 valence electrons. The van der Waals surface area contributed by atoms with E-state index in [-0.39, 0.29) is 11.5 Å². The molecule has 1 aromatic carbocycles. The number of oxime groups is 1. The molecule has 0 spiro atoms.